The number of carbonyl (C=O) groups excluding carboxylic acids is 3. The lowest BCUT2D eigenvalue weighted by molar-refractivity contribution is -0.143. The number of aliphatic hydroxyl groups is 1. The molecule has 0 bridgehead atoms. The molecule has 0 fully saturated rings. The third kappa shape index (κ3) is 11.0. The summed E-state index contributed by atoms with van der Waals surface area (Å²) >= 11 is 0. The van der Waals surface area contributed by atoms with Crippen LogP contribution in [0.5, 0.6) is 5.75 Å². The van der Waals surface area contributed by atoms with Crippen LogP contribution >= 0.6 is 0 Å². The van der Waals surface area contributed by atoms with Crippen LogP contribution < -0.4 is 10.6 Å². The molecule has 1 rings (SSSR count). The molecule has 2 atom stereocenters. The molecule has 0 aliphatic carbocycles. The third-order valence-corrected chi connectivity index (χ3v) is 5.91. The second kappa shape index (κ2) is 16.1. The Morgan fingerprint density at radius 3 is 2.27 bits per heavy atom. The normalized spacial score (nSPS) is 12.9. The Labute approximate surface area is 222 Å². The van der Waals surface area contributed by atoms with E-state index < -0.39 is 42.2 Å². The van der Waals surface area contributed by atoms with Crippen LogP contribution in [-0.4, -0.2) is 64.4 Å². The molecule has 37 heavy (non-hydrogen) atoms. The molecule has 2 unspecified atom stereocenters. The summed E-state index contributed by atoms with van der Waals surface area (Å²) in [6.45, 7) is 10.9. The average Bonchev–Trinajstić information content (AvgIpc) is 2.83. The molecular weight excluding hydrogens is 474 g/mol. The molecule has 4 N–H and O–H groups in total. The number of alkyl carbamates (subject to hydrolysis) is 1. The monoisotopic (exact) mass is 521 g/mol. The van der Waals surface area contributed by atoms with Crippen LogP contribution in [0.3, 0.4) is 0 Å². The van der Waals surface area contributed by atoms with Crippen molar-refractivity contribution in [3.63, 3.8) is 0 Å². The quantitative estimate of drug-likeness (QED) is 0.254. The van der Waals surface area contributed by atoms with Gasteiger partial charge in [-0.3, -0.25) is 9.59 Å². The van der Waals surface area contributed by atoms with Gasteiger partial charge in [0.25, 0.3) is 0 Å². The Hall–Kier alpha value is -2.81. The summed E-state index contributed by atoms with van der Waals surface area (Å²) in [6, 6.07) is 2.63. The number of aliphatic hydroxyl groups excluding tert-OH is 1. The third-order valence-electron chi connectivity index (χ3n) is 5.91. The minimum absolute atomic E-state index is 0.0665. The Kier molecular flexibility index (Phi) is 14.0. The van der Waals surface area contributed by atoms with E-state index in [-0.39, 0.29) is 12.3 Å². The maximum absolute atomic E-state index is 13.8. The minimum Gasteiger partial charge on any atom is -0.507 e. The van der Waals surface area contributed by atoms with E-state index in [2.05, 4.69) is 24.5 Å². The number of carbonyl (C=O) groups is 3. The molecule has 0 saturated heterocycles. The summed E-state index contributed by atoms with van der Waals surface area (Å²) in [5.74, 6) is -1.11. The van der Waals surface area contributed by atoms with Crippen molar-refractivity contribution in [2.24, 2.45) is 0 Å². The highest BCUT2D eigenvalue weighted by molar-refractivity contribution is 5.92. The summed E-state index contributed by atoms with van der Waals surface area (Å²) in [5, 5.41) is 26.3. The number of benzene rings is 1. The van der Waals surface area contributed by atoms with Gasteiger partial charge >= 0.3 is 6.09 Å². The van der Waals surface area contributed by atoms with E-state index in [9.17, 15) is 24.6 Å². The highest BCUT2D eigenvalue weighted by Crippen LogP contribution is 2.32. The van der Waals surface area contributed by atoms with Gasteiger partial charge in [-0.2, -0.15) is 0 Å². The van der Waals surface area contributed by atoms with Crippen molar-refractivity contribution in [1.29, 1.82) is 0 Å². The maximum Gasteiger partial charge on any atom is 0.408 e. The van der Waals surface area contributed by atoms with Crippen molar-refractivity contribution in [3.05, 3.63) is 29.3 Å². The molecule has 0 aliphatic heterocycles. The molecule has 1 aromatic rings. The molecule has 210 valence electrons. The molecule has 9 nitrogen and oxygen atoms in total. The summed E-state index contributed by atoms with van der Waals surface area (Å²) < 4.78 is 5.27. The first-order valence-corrected chi connectivity index (χ1v) is 13.4. The zero-order valence-electron chi connectivity index (χ0n) is 23.4. The van der Waals surface area contributed by atoms with Crippen LogP contribution in [0.4, 0.5) is 4.79 Å². The maximum atomic E-state index is 13.8. The number of unbranched alkanes of at least 4 members (excludes halogenated alkanes) is 5. The van der Waals surface area contributed by atoms with Crippen LogP contribution in [0.1, 0.15) is 96.7 Å². The van der Waals surface area contributed by atoms with Crippen molar-refractivity contribution in [1.82, 2.24) is 15.5 Å². The standard InChI is InChI=1S/C28H47N3O6/c1-7-9-11-13-18-31(26(35)22(19-32)30-27(36)37-28(4,5)6)23(25(34)29-17-12-10-8-2)21-16-14-15-20(3)24(21)33/h14-16,22-23,32-33H,7-13,17-19H2,1-6H3,(H,29,34)(H,30,36). The first kappa shape index (κ1) is 32.2. The van der Waals surface area contributed by atoms with E-state index in [1.807, 2.05) is 0 Å². The lowest BCUT2D eigenvalue weighted by Gasteiger charge is -2.34. The van der Waals surface area contributed by atoms with E-state index in [0.717, 1.165) is 38.5 Å². The molecule has 0 spiro atoms. The number of aromatic hydroxyl groups is 1. The number of amides is 3. The lowest BCUT2D eigenvalue weighted by atomic mass is 9.98. The number of ether oxygens (including phenoxy) is 1. The summed E-state index contributed by atoms with van der Waals surface area (Å²) in [4.78, 5) is 41.1. The first-order valence-electron chi connectivity index (χ1n) is 13.4. The molecule has 0 radical (unpaired) electrons. The summed E-state index contributed by atoms with van der Waals surface area (Å²) in [5.41, 5.74) is 0.0809. The van der Waals surface area contributed by atoms with Crippen molar-refractivity contribution >= 4 is 17.9 Å². The SMILES string of the molecule is CCCCCCN(C(=O)C(CO)NC(=O)OC(C)(C)C)C(C(=O)NCCCCC)c1cccc(C)c1O. The van der Waals surface area contributed by atoms with Gasteiger partial charge in [-0.25, -0.2) is 4.79 Å². The fourth-order valence-electron chi connectivity index (χ4n) is 3.95. The van der Waals surface area contributed by atoms with Crippen LogP contribution in [0.15, 0.2) is 18.2 Å². The van der Waals surface area contributed by atoms with Gasteiger partial charge in [0.2, 0.25) is 11.8 Å². The van der Waals surface area contributed by atoms with E-state index in [1.54, 1.807) is 45.9 Å². The van der Waals surface area contributed by atoms with Crippen LogP contribution in [0.2, 0.25) is 0 Å². The van der Waals surface area contributed by atoms with E-state index >= 15 is 0 Å². The first-order chi connectivity index (χ1) is 17.5. The van der Waals surface area contributed by atoms with E-state index in [0.29, 0.717) is 24.1 Å². The second-order valence-corrected chi connectivity index (χ2v) is 10.4. The predicted molar refractivity (Wildman–Crippen MR) is 144 cm³/mol. The number of phenols is 1. The number of hydrogen-bond acceptors (Lipinski definition) is 6. The van der Waals surface area contributed by atoms with E-state index in [1.165, 1.54) is 4.90 Å². The number of rotatable bonds is 15. The zero-order valence-corrected chi connectivity index (χ0v) is 23.4. The van der Waals surface area contributed by atoms with Gasteiger partial charge in [0.05, 0.1) is 6.61 Å². The molecule has 0 heterocycles. The molecule has 0 saturated carbocycles. The topological polar surface area (TPSA) is 128 Å². The number of phenolic OH excluding ortho intramolecular Hbond substituents is 1. The van der Waals surface area contributed by atoms with Crippen LogP contribution in [0.25, 0.3) is 0 Å². The van der Waals surface area contributed by atoms with Gasteiger partial charge in [-0.05, 0) is 46.1 Å². The Balaban J connectivity index is 3.40. The molecule has 0 aliphatic rings. The van der Waals surface area contributed by atoms with Crippen LogP contribution in [-0.2, 0) is 14.3 Å². The lowest BCUT2D eigenvalue weighted by Crippen LogP contribution is -2.54. The number of nitrogens with zero attached hydrogens (tertiary/aromatic N) is 1. The molecule has 3 amide bonds. The highest BCUT2D eigenvalue weighted by Gasteiger charge is 2.37. The molecule has 1 aromatic carbocycles. The number of para-hydroxylation sites is 1. The number of hydrogen-bond donors (Lipinski definition) is 4. The summed E-state index contributed by atoms with van der Waals surface area (Å²) in [7, 11) is 0. The molecular formula is C28H47N3O6. The summed E-state index contributed by atoms with van der Waals surface area (Å²) in [6.07, 6.45) is 5.31. The number of nitrogens with one attached hydrogen (secondary N) is 2. The Bertz CT molecular complexity index is 868. The fourth-order valence-corrected chi connectivity index (χ4v) is 3.95. The van der Waals surface area contributed by atoms with Crippen molar-refractivity contribution in [3.8, 4) is 5.75 Å². The van der Waals surface area contributed by atoms with E-state index in [4.69, 9.17) is 4.74 Å². The number of aryl methyl sites for hydroxylation is 1. The zero-order chi connectivity index (χ0) is 28.0. The largest absolute Gasteiger partial charge is 0.507 e. The smallest absolute Gasteiger partial charge is 0.408 e. The highest BCUT2D eigenvalue weighted by atomic mass is 16.6. The van der Waals surface area contributed by atoms with Crippen molar-refractivity contribution < 1.29 is 29.3 Å². The van der Waals surface area contributed by atoms with Gasteiger partial charge < -0.3 is 30.5 Å². The fraction of sp³-hybridized carbons (Fsp3) is 0.679. The van der Waals surface area contributed by atoms with Crippen LogP contribution in [0, 0.1) is 6.92 Å². The Morgan fingerprint density at radius 1 is 1.03 bits per heavy atom. The minimum atomic E-state index is -1.32. The van der Waals surface area contributed by atoms with Crippen molar-refractivity contribution in [2.75, 3.05) is 19.7 Å². The van der Waals surface area contributed by atoms with Gasteiger partial charge in [-0.1, -0.05) is 64.2 Å². The van der Waals surface area contributed by atoms with Gasteiger partial charge in [0.1, 0.15) is 23.4 Å². The van der Waals surface area contributed by atoms with Gasteiger partial charge in [0, 0.05) is 18.7 Å². The van der Waals surface area contributed by atoms with Gasteiger partial charge in [0.15, 0.2) is 0 Å². The van der Waals surface area contributed by atoms with Crippen molar-refractivity contribution in [2.45, 2.75) is 104 Å². The average molecular weight is 522 g/mol. The molecule has 9 heteroatoms. The second-order valence-electron chi connectivity index (χ2n) is 10.4. The predicted octanol–water partition coefficient (Wildman–Crippen LogP) is 4.34. The Morgan fingerprint density at radius 2 is 1.68 bits per heavy atom. The van der Waals surface area contributed by atoms with Gasteiger partial charge in [-0.15, -0.1) is 0 Å². The molecule has 0 aromatic heterocycles.